The monoisotopic (exact) mass is 298 g/mol. The molecule has 3 N–H and O–H groups in total. The highest BCUT2D eigenvalue weighted by atomic mass is 16.4. The summed E-state index contributed by atoms with van der Waals surface area (Å²) in [6, 6.07) is -0.0764. The lowest BCUT2D eigenvalue weighted by Gasteiger charge is -2.16. The van der Waals surface area contributed by atoms with Gasteiger partial charge in [0.05, 0.1) is 19.6 Å². The summed E-state index contributed by atoms with van der Waals surface area (Å²) < 4.78 is 5.22. The van der Waals surface area contributed by atoms with Crippen molar-refractivity contribution in [2.75, 3.05) is 25.0 Å². The molecule has 0 unspecified atom stereocenters. The van der Waals surface area contributed by atoms with Gasteiger partial charge in [-0.3, -0.25) is 24.6 Å². The minimum Gasteiger partial charge on any atom is -0.480 e. The number of hydrogen-bond acceptors (Lipinski definition) is 7. The SMILES string of the molecule is O=C(O)CN(CC(=O)O)CC(=O)Nc1nnc(C2CC2)o1. The van der Waals surface area contributed by atoms with E-state index in [-0.39, 0.29) is 11.9 Å². The minimum atomic E-state index is -1.22. The second-order valence-corrected chi connectivity index (χ2v) is 4.70. The van der Waals surface area contributed by atoms with Crippen molar-refractivity contribution in [3.8, 4) is 0 Å². The summed E-state index contributed by atoms with van der Waals surface area (Å²) in [5.41, 5.74) is 0. The molecule has 10 heteroatoms. The number of nitrogens with zero attached hydrogens (tertiary/aromatic N) is 3. The zero-order valence-corrected chi connectivity index (χ0v) is 11.0. The van der Waals surface area contributed by atoms with Crippen LogP contribution in [0.25, 0.3) is 0 Å². The van der Waals surface area contributed by atoms with Crippen molar-refractivity contribution in [3.05, 3.63) is 5.89 Å². The van der Waals surface area contributed by atoms with E-state index in [1.807, 2.05) is 0 Å². The van der Waals surface area contributed by atoms with E-state index in [0.717, 1.165) is 17.7 Å². The third-order valence-electron chi connectivity index (χ3n) is 2.70. The number of hydrogen-bond donors (Lipinski definition) is 3. The third kappa shape index (κ3) is 4.84. The Morgan fingerprint density at radius 2 is 1.76 bits per heavy atom. The van der Waals surface area contributed by atoms with Gasteiger partial charge in [-0.15, -0.1) is 5.10 Å². The van der Waals surface area contributed by atoms with Crippen molar-refractivity contribution >= 4 is 23.9 Å². The van der Waals surface area contributed by atoms with Gasteiger partial charge in [0.1, 0.15) is 0 Å². The maximum atomic E-state index is 11.7. The number of carbonyl (C=O) groups excluding carboxylic acids is 1. The Kier molecular flexibility index (Phi) is 4.48. The molecule has 1 aliphatic rings. The predicted molar refractivity (Wildman–Crippen MR) is 66.6 cm³/mol. The first kappa shape index (κ1) is 14.9. The molecule has 0 bridgehead atoms. The van der Waals surface area contributed by atoms with Gasteiger partial charge >= 0.3 is 18.0 Å². The van der Waals surface area contributed by atoms with Gasteiger partial charge in [-0.05, 0) is 12.8 Å². The number of aliphatic carboxylic acids is 2. The molecule has 0 aliphatic heterocycles. The van der Waals surface area contributed by atoms with Crippen molar-refractivity contribution in [2.24, 2.45) is 0 Å². The first-order chi connectivity index (χ1) is 9.94. The summed E-state index contributed by atoms with van der Waals surface area (Å²) in [6.45, 7) is -1.52. The highest BCUT2D eigenvalue weighted by Gasteiger charge is 2.29. The lowest BCUT2D eigenvalue weighted by atomic mass is 10.4. The molecule has 2 rings (SSSR count). The summed E-state index contributed by atoms with van der Waals surface area (Å²) in [6.07, 6.45) is 1.95. The molecule has 0 atom stereocenters. The average molecular weight is 298 g/mol. The lowest BCUT2D eigenvalue weighted by molar-refractivity contribution is -0.142. The number of nitrogens with one attached hydrogen (secondary N) is 1. The standard InChI is InChI=1S/C11H14N4O6/c16-7(3-15(4-8(17)18)5-9(19)20)12-11-14-13-10(21-11)6-1-2-6/h6H,1-5H2,(H,17,18)(H,19,20)(H,12,14,16). The van der Waals surface area contributed by atoms with Gasteiger partial charge in [0.25, 0.3) is 0 Å². The van der Waals surface area contributed by atoms with Crippen LogP contribution in [0.3, 0.4) is 0 Å². The first-order valence-electron chi connectivity index (χ1n) is 6.23. The van der Waals surface area contributed by atoms with Crippen LogP contribution in [0.1, 0.15) is 24.7 Å². The van der Waals surface area contributed by atoms with Crippen molar-refractivity contribution in [1.82, 2.24) is 15.1 Å². The van der Waals surface area contributed by atoms with Crippen molar-refractivity contribution in [1.29, 1.82) is 0 Å². The number of rotatable bonds is 8. The molecule has 0 saturated heterocycles. The highest BCUT2D eigenvalue weighted by Crippen LogP contribution is 2.39. The fourth-order valence-electron chi connectivity index (χ4n) is 1.69. The third-order valence-corrected chi connectivity index (χ3v) is 2.70. The van der Waals surface area contributed by atoms with Gasteiger partial charge in [-0.1, -0.05) is 5.10 Å². The maximum absolute atomic E-state index is 11.7. The van der Waals surface area contributed by atoms with Crippen molar-refractivity contribution in [2.45, 2.75) is 18.8 Å². The zero-order chi connectivity index (χ0) is 15.4. The molecule has 0 radical (unpaired) electrons. The van der Waals surface area contributed by atoms with Crippen LogP contribution in [-0.2, 0) is 14.4 Å². The van der Waals surface area contributed by atoms with Crippen LogP contribution >= 0.6 is 0 Å². The number of carboxylic acid groups (broad SMARTS) is 2. The summed E-state index contributed by atoms with van der Waals surface area (Å²) >= 11 is 0. The molecule has 1 aliphatic carbocycles. The van der Waals surface area contributed by atoms with E-state index >= 15 is 0 Å². The maximum Gasteiger partial charge on any atom is 0.322 e. The number of anilines is 1. The number of amides is 1. The van der Waals surface area contributed by atoms with E-state index < -0.39 is 37.5 Å². The van der Waals surface area contributed by atoms with Crippen LogP contribution in [0.2, 0.25) is 0 Å². The van der Waals surface area contributed by atoms with Gasteiger partial charge in [0.15, 0.2) is 0 Å². The van der Waals surface area contributed by atoms with Crippen molar-refractivity contribution in [3.63, 3.8) is 0 Å². The fraction of sp³-hybridized carbons (Fsp3) is 0.545. The van der Waals surface area contributed by atoms with Gasteiger partial charge in [-0.2, -0.15) is 0 Å². The van der Waals surface area contributed by atoms with E-state index in [1.54, 1.807) is 0 Å². The minimum absolute atomic E-state index is 0.0764. The molecule has 0 spiro atoms. The molecule has 114 valence electrons. The van der Waals surface area contributed by atoms with Crippen LogP contribution in [0.5, 0.6) is 0 Å². The molecular formula is C11H14N4O6. The zero-order valence-electron chi connectivity index (χ0n) is 11.0. The summed E-state index contributed by atoms with van der Waals surface area (Å²) in [4.78, 5) is 33.9. The Morgan fingerprint density at radius 1 is 1.14 bits per heavy atom. The first-order valence-corrected chi connectivity index (χ1v) is 6.23. The van der Waals surface area contributed by atoms with E-state index in [0.29, 0.717) is 5.89 Å². The van der Waals surface area contributed by atoms with E-state index in [2.05, 4.69) is 15.5 Å². The van der Waals surface area contributed by atoms with Crippen LogP contribution in [-0.4, -0.2) is 62.8 Å². The summed E-state index contributed by atoms with van der Waals surface area (Å²) in [7, 11) is 0. The van der Waals surface area contributed by atoms with Crippen molar-refractivity contribution < 1.29 is 29.0 Å². The van der Waals surface area contributed by atoms with Gasteiger partial charge in [-0.25, -0.2) is 0 Å². The Bertz CT molecular complexity index is 537. The predicted octanol–water partition coefficient (Wildman–Crippen LogP) is -0.643. The highest BCUT2D eigenvalue weighted by molar-refractivity contribution is 5.90. The molecular weight excluding hydrogens is 284 g/mol. The number of carboxylic acids is 2. The van der Waals surface area contributed by atoms with Crippen LogP contribution in [0.15, 0.2) is 4.42 Å². The van der Waals surface area contributed by atoms with Gasteiger partial charge in [0.2, 0.25) is 11.8 Å². The second-order valence-electron chi connectivity index (χ2n) is 4.70. The molecule has 1 saturated carbocycles. The molecule has 21 heavy (non-hydrogen) atoms. The number of carbonyl (C=O) groups is 3. The van der Waals surface area contributed by atoms with Crippen LogP contribution in [0.4, 0.5) is 6.01 Å². The smallest absolute Gasteiger partial charge is 0.322 e. The fourth-order valence-corrected chi connectivity index (χ4v) is 1.69. The molecule has 1 aromatic heterocycles. The van der Waals surface area contributed by atoms with Gasteiger partial charge < -0.3 is 14.6 Å². The number of aromatic nitrogens is 2. The Morgan fingerprint density at radius 3 is 2.29 bits per heavy atom. The average Bonchev–Trinajstić information content (AvgIpc) is 3.09. The van der Waals surface area contributed by atoms with Gasteiger partial charge in [0, 0.05) is 5.92 Å². The topological polar surface area (TPSA) is 146 Å². The molecule has 0 aromatic carbocycles. The Hall–Kier alpha value is -2.49. The summed E-state index contributed by atoms with van der Waals surface area (Å²) in [5, 5.41) is 27.1. The van der Waals surface area contributed by atoms with Crippen LogP contribution < -0.4 is 5.32 Å². The molecule has 1 heterocycles. The van der Waals surface area contributed by atoms with E-state index in [9.17, 15) is 14.4 Å². The molecule has 10 nitrogen and oxygen atoms in total. The van der Waals surface area contributed by atoms with E-state index in [4.69, 9.17) is 14.6 Å². The van der Waals surface area contributed by atoms with Crippen LogP contribution in [0, 0.1) is 0 Å². The second kappa shape index (κ2) is 6.31. The lowest BCUT2D eigenvalue weighted by Crippen LogP contribution is -2.40. The van der Waals surface area contributed by atoms with E-state index in [1.165, 1.54) is 0 Å². The normalized spacial score (nSPS) is 14.1. The molecule has 1 fully saturated rings. The Labute approximate surface area is 118 Å². The quantitative estimate of drug-likeness (QED) is 0.570. The molecule has 1 aromatic rings. The molecule has 1 amide bonds. The largest absolute Gasteiger partial charge is 0.480 e. The Balaban J connectivity index is 1.87. The summed E-state index contributed by atoms with van der Waals surface area (Å²) in [5.74, 6) is -2.36.